The number of fused-ring (bicyclic) bond motifs is 1. The SMILES string of the molecule is CCC1CC(C)(CC)Nc2c(SC)cc(Nc3ccccc3)cc21. The number of anilines is 3. The molecular weight excluding hydrogens is 312 g/mol. The third kappa shape index (κ3) is 3.41. The summed E-state index contributed by atoms with van der Waals surface area (Å²) in [6.07, 6.45) is 5.71. The standard InChI is InChI=1S/C21H28N2S/c1-5-15-14-21(3,6-2)23-20-18(15)12-17(13-19(20)24-4)22-16-10-8-7-9-11-16/h7-13,15,22-23H,5-6,14H2,1-4H3. The predicted octanol–water partition coefficient (Wildman–Crippen LogP) is 6.63. The Kier molecular flexibility index (Phi) is 5.09. The quantitative estimate of drug-likeness (QED) is 0.597. The molecule has 2 atom stereocenters. The fourth-order valence-electron chi connectivity index (χ4n) is 3.62. The van der Waals surface area contributed by atoms with E-state index in [1.54, 1.807) is 0 Å². The molecule has 0 aliphatic carbocycles. The Morgan fingerprint density at radius 3 is 2.54 bits per heavy atom. The van der Waals surface area contributed by atoms with Crippen LogP contribution in [0.5, 0.6) is 0 Å². The summed E-state index contributed by atoms with van der Waals surface area (Å²) >= 11 is 1.83. The van der Waals surface area contributed by atoms with E-state index in [0.29, 0.717) is 5.92 Å². The van der Waals surface area contributed by atoms with Crippen LogP contribution >= 0.6 is 11.8 Å². The van der Waals surface area contributed by atoms with E-state index in [1.165, 1.54) is 34.7 Å². The lowest BCUT2D eigenvalue weighted by Crippen LogP contribution is -2.39. The molecule has 24 heavy (non-hydrogen) atoms. The van der Waals surface area contributed by atoms with Crippen LogP contribution in [-0.2, 0) is 0 Å². The Morgan fingerprint density at radius 2 is 1.92 bits per heavy atom. The van der Waals surface area contributed by atoms with E-state index in [2.05, 4.69) is 74.1 Å². The monoisotopic (exact) mass is 340 g/mol. The molecule has 128 valence electrons. The van der Waals surface area contributed by atoms with Gasteiger partial charge in [0.1, 0.15) is 0 Å². The van der Waals surface area contributed by atoms with E-state index < -0.39 is 0 Å². The van der Waals surface area contributed by atoms with E-state index in [1.807, 2.05) is 17.8 Å². The summed E-state index contributed by atoms with van der Waals surface area (Å²) in [5.41, 5.74) is 5.34. The lowest BCUT2D eigenvalue weighted by molar-refractivity contribution is 0.387. The minimum Gasteiger partial charge on any atom is -0.379 e. The first-order valence-electron chi connectivity index (χ1n) is 8.90. The molecular formula is C21H28N2S. The van der Waals surface area contributed by atoms with Crippen LogP contribution in [0.25, 0.3) is 0 Å². The fraction of sp³-hybridized carbons (Fsp3) is 0.429. The van der Waals surface area contributed by atoms with Gasteiger partial charge in [-0.2, -0.15) is 0 Å². The van der Waals surface area contributed by atoms with Gasteiger partial charge < -0.3 is 10.6 Å². The van der Waals surface area contributed by atoms with Gasteiger partial charge >= 0.3 is 0 Å². The van der Waals surface area contributed by atoms with Crippen molar-refractivity contribution >= 4 is 28.8 Å². The molecule has 2 nitrogen and oxygen atoms in total. The molecule has 0 fully saturated rings. The smallest absolute Gasteiger partial charge is 0.0519 e. The third-order valence-corrected chi connectivity index (χ3v) is 6.01. The number of benzene rings is 2. The average Bonchev–Trinajstić information content (AvgIpc) is 2.61. The second kappa shape index (κ2) is 7.10. The summed E-state index contributed by atoms with van der Waals surface area (Å²) in [4.78, 5) is 1.34. The molecule has 1 aliphatic heterocycles. The Hall–Kier alpha value is -1.61. The molecule has 1 aliphatic rings. The van der Waals surface area contributed by atoms with Crippen molar-refractivity contribution in [2.45, 2.75) is 56.4 Å². The number of hydrogen-bond acceptors (Lipinski definition) is 3. The highest BCUT2D eigenvalue weighted by molar-refractivity contribution is 7.98. The summed E-state index contributed by atoms with van der Waals surface area (Å²) < 4.78 is 0. The Balaban J connectivity index is 2.02. The van der Waals surface area contributed by atoms with Crippen molar-refractivity contribution in [1.82, 2.24) is 0 Å². The van der Waals surface area contributed by atoms with Gasteiger partial charge in [0.2, 0.25) is 0 Å². The highest BCUT2D eigenvalue weighted by Crippen LogP contribution is 2.47. The van der Waals surface area contributed by atoms with Gasteiger partial charge in [0.15, 0.2) is 0 Å². The average molecular weight is 341 g/mol. The summed E-state index contributed by atoms with van der Waals surface area (Å²) in [5.74, 6) is 0.620. The second-order valence-corrected chi connectivity index (χ2v) is 7.83. The van der Waals surface area contributed by atoms with Crippen molar-refractivity contribution in [3.05, 3.63) is 48.0 Å². The van der Waals surface area contributed by atoms with E-state index in [4.69, 9.17) is 0 Å². The number of rotatable bonds is 5. The van der Waals surface area contributed by atoms with E-state index in [-0.39, 0.29) is 5.54 Å². The van der Waals surface area contributed by atoms with Gasteiger partial charge in [0, 0.05) is 21.8 Å². The highest BCUT2D eigenvalue weighted by Gasteiger charge is 2.34. The first kappa shape index (κ1) is 17.2. The van der Waals surface area contributed by atoms with Gasteiger partial charge in [-0.15, -0.1) is 11.8 Å². The van der Waals surface area contributed by atoms with Gasteiger partial charge in [-0.05, 0) is 68.2 Å². The maximum atomic E-state index is 3.85. The molecule has 0 amide bonds. The molecule has 2 aromatic rings. The minimum atomic E-state index is 0.201. The molecule has 3 heteroatoms. The van der Waals surface area contributed by atoms with Crippen LogP contribution in [0.2, 0.25) is 0 Å². The molecule has 0 saturated heterocycles. The van der Waals surface area contributed by atoms with Gasteiger partial charge in [-0.3, -0.25) is 0 Å². The molecule has 0 aromatic heterocycles. The van der Waals surface area contributed by atoms with Gasteiger partial charge in [-0.25, -0.2) is 0 Å². The maximum absolute atomic E-state index is 3.85. The van der Waals surface area contributed by atoms with Crippen LogP contribution in [-0.4, -0.2) is 11.8 Å². The normalized spacial score (nSPS) is 22.6. The lowest BCUT2D eigenvalue weighted by atomic mass is 9.77. The molecule has 0 radical (unpaired) electrons. The molecule has 2 unspecified atom stereocenters. The number of hydrogen-bond donors (Lipinski definition) is 2. The second-order valence-electron chi connectivity index (χ2n) is 6.98. The first-order valence-corrected chi connectivity index (χ1v) is 10.1. The van der Waals surface area contributed by atoms with Gasteiger partial charge in [0.05, 0.1) is 5.69 Å². The molecule has 1 heterocycles. The zero-order valence-electron chi connectivity index (χ0n) is 15.1. The highest BCUT2D eigenvalue weighted by atomic mass is 32.2. The summed E-state index contributed by atoms with van der Waals surface area (Å²) in [6.45, 7) is 6.96. The molecule has 0 saturated carbocycles. The fourth-order valence-corrected chi connectivity index (χ4v) is 4.24. The van der Waals surface area contributed by atoms with Crippen LogP contribution in [0.15, 0.2) is 47.4 Å². The van der Waals surface area contributed by atoms with Crippen LogP contribution in [0.4, 0.5) is 17.1 Å². The van der Waals surface area contributed by atoms with Crippen LogP contribution in [0.1, 0.15) is 51.5 Å². The van der Waals surface area contributed by atoms with E-state index in [0.717, 1.165) is 12.1 Å². The first-order chi connectivity index (χ1) is 11.6. The summed E-state index contributed by atoms with van der Waals surface area (Å²) in [6, 6.07) is 15.0. The number of thioether (sulfide) groups is 1. The Labute approximate surface area is 150 Å². The molecule has 2 aromatic carbocycles. The topological polar surface area (TPSA) is 24.1 Å². The van der Waals surface area contributed by atoms with Gasteiger partial charge in [-0.1, -0.05) is 32.0 Å². The van der Waals surface area contributed by atoms with Gasteiger partial charge in [0.25, 0.3) is 0 Å². The van der Waals surface area contributed by atoms with E-state index in [9.17, 15) is 0 Å². The number of nitrogens with one attached hydrogen (secondary N) is 2. The molecule has 3 rings (SSSR count). The molecule has 0 bridgehead atoms. The lowest BCUT2D eigenvalue weighted by Gasteiger charge is -2.41. The number of para-hydroxylation sites is 1. The third-order valence-electron chi connectivity index (χ3n) is 5.25. The minimum absolute atomic E-state index is 0.201. The Morgan fingerprint density at radius 1 is 1.17 bits per heavy atom. The van der Waals surface area contributed by atoms with Crippen molar-refractivity contribution in [1.29, 1.82) is 0 Å². The molecule has 0 spiro atoms. The van der Waals surface area contributed by atoms with Crippen LogP contribution in [0, 0.1) is 0 Å². The van der Waals surface area contributed by atoms with Crippen molar-refractivity contribution in [3.8, 4) is 0 Å². The van der Waals surface area contributed by atoms with Crippen molar-refractivity contribution < 1.29 is 0 Å². The largest absolute Gasteiger partial charge is 0.379 e. The Bertz CT molecular complexity index is 698. The maximum Gasteiger partial charge on any atom is 0.0519 e. The van der Waals surface area contributed by atoms with Crippen molar-refractivity contribution in [2.75, 3.05) is 16.9 Å². The van der Waals surface area contributed by atoms with E-state index >= 15 is 0 Å². The van der Waals surface area contributed by atoms with Crippen LogP contribution < -0.4 is 10.6 Å². The predicted molar refractivity (Wildman–Crippen MR) is 108 cm³/mol. The summed E-state index contributed by atoms with van der Waals surface area (Å²) in [7, 11) is 0. The zero-order chi connectivity index (χ0) is 17.2. The van der Waals surface area contributed by atoms with Crippen molar-refractivity contribution in [2.24, 2.45) is 0 Å². The summed E-state index contributed by atoms with van der Waals surface area (Å²) in [5, 5.41) is 7.42. The zero-order valence-corrected chi connectivity index (χ0v) is 16.0. The molecule has 2 N–H and O–H groups in total. The van der Waals surface area contributed by atoms with Crippen LogP contribution in [0.3, 0.4) is 0 Å². The van der Waals surface area contributed by atoms with Crippen molar-refractivity contribution in [3.63, 3.8) is 0 Å².